The van der Waals surface area contributed by atoms with Crippen molar-refractivity contribution < 1.29 is 14.3 Å². The lowest BCUT2D eigenvalue weighted by Crippen LogP contribution is -2.16. The molecule has 0 aliphatic heterocycles. The van der Waals surface area contributed by atoms with Crippen molar-refractivity contribution in [3.05, 3.63) is 59.2 Å². The summed E-state index contributed by atoms with van der Waals surface area (Å²) in [5.41, 5.74) is 3.28. The van der Waals surface area contributed by atoms with Gasteiger partial charge in [0.05, 0.1) is 7.11 Å². The molecule has 0 atom stereocenters. The third-order valence-electron chi connectivity index (χ3n) is 3.63. The van der Waals surface area contributed by atoms with Gasteiger partial charge >= 0.3 is 0 Å². The number of hydrogen-bond donors (Lipinski definition) is 0. The van der Waals surface area contributed by atoms with Crippen LogP contribution in [0.15, 0.2) is 42.5 Å². The fourth-order valence-electron chi connectivity index (χ4n) is 2.64. The molecule has 1 aliphatic rings. The molecule has 0 aromatic heterocycles. The summed E-state index contributed by atoms with van der Waals surface area (Å²) < 4.78 is 11.3. The lowest BCUT2D eigenvalue weighted by atomic mass is 10.1. The van der Waals surface area contributed by atoms with E-state index >= 15 is 0 Å². The smallest absolute Gasteiger partial charge is 0.161 e. The fraction of sp³-hybridized carbons (Fsp3) is 0.235. The average molecular weight is 268 g/mol. The first kappa shape index (κ1) is 12.7. The van der Waals surface area contributed by atoms with E-state index in [1.165, 1.54) is 11.1 Å². The summed E-state index contributed by atoms with van der Waals surface area (Å²) in [5, 5.41) is 0. The summed E-state index contributed by atoms with van der Waals surface area (Å²) in [6.45, 7) is 0. The van der Waals surface area contributed by atoms with Crippen LogP contribution < -0.4 is 9.47 Å². The van der Waals surface area contributed by atoms with E-state index in [1.807, 2.05) is 0 Å². The summed E-state index contributed by atoms with van der Waals surface area (Å²) in [7, 11) is 1.58. The zero-order chi connectivity index (χ0) is 13.9. The lowest BCUT2D eigenvalue weighted by Gasteiger charge is -2.16. The minimum Gasteiger partial charge on any atom is -0.493 e. The van der Waals surface area contributed by atoms with Gasteiger partial charge < -0.3 is 9.47 Å². The second-order valence-corrected chi connectivity index (χ2v) is 4.94. The van der Waals surface area contributed by atoms with E-state index in [0.29, 0.717) is 17.1 Å². The highest BCUT2D eigenvalue weighted by molar-refractivity contribution is 5.76. The molecule has 1 aliphatic carbocycles. The SMILES string of the molecule is COc1cc(C=O)ccc1OC1Cc2ccccc2C1. The number of aldehydes is 1. The highest BCUT2D eigenvalue weighted by atomic mass is 16.5. The Hall–Kier alpha value is -2.29. The quantitative estimate of drug-likeness (QED) is 0.799. The van der Waals surface area contributed by atoms with Crippen LogP contribution in [-0.4, -0.2) is 19.5 Å². The number of ether oxygens (including phenoxy) is 2. The van der Waals surface area contributed by atoms with Crippen molar-refractivity contribution in [1.29, 1.82) is 0 Å². The van der Waals surface area contributed by atoms with Gasteiger partial charge in [-0.05, 0) is 29.3 Å². The van der Waals surface area contributed by atoms with Crippen molar-refractivity contribution in [3.63, 3.8) is 0 Å². The molecule has 3 rings (SSSR count). The summed E-state index contributed by atoms with van der Waals surface area (Å²) in [5.74, 6) is 1.29. The molecule has 3 nitrogen and oxygen atoms in total. The first-order valence-electron chi connectivity index (χ1n) is 6.67. The van der Waals surface area contributed by atoms with Crippen LogP contribution in [0.2, 0.25) is 0 Å². The molecule has 2 aromatic carbocycles. The molecule has 2 aromatic rings. The van der Waals surface area contributed by atoms with Gasteiger partial charge in [-0.1, -0.05) is 24.3 Å². The predicted octanol–water partition coefficient (Wildman–Crippen LogP) is 3.05. The van der Waals surface area contributed by atoms with Gasteiger partial charge in [0.2, 0.25) is 0 Å². The van der Waals surface area contributed by atoms with Gasteiger partial charge in [-0.25, -0.2) is 0 Å². The molecule has 102 valence electrons. The Morgan fingerprint density at radius 3 is 2.35 bits per heavy atom. The summed E-state index contributed by atoms with van der Waals surface area (Å²) in [6.07, 6.45) is 2.75. The zero-order valence-electron chi connectivity index (χ0n) is 11.3. The highest BCUT2D eigenvalue weighted by Gasteiger charge is 2.23. The Morgan fingerprint density at radius 2 is 1.75 bits per heavy atom. The summed E-state index contributed by atoms with van der Waals surface area (Å²) in [6, 6.07) is 13.6. The third-order valence-corrected chi connectivity index (χ3v) is 3.63. The molecular formula is C17H16O3. The molecule has 0 amide bonds. The van der Waals surface area contributed by atoms with Crippen LogP contribution in [0.5, 0.6) is 11.5 Å². The van der Waals surface area contributed by atoms with Crippen LogP contribution in [-0.2, 0) is 12.8 Å². The normalized spacial score (nSPS) is 13.8. The Balaban J connectivity index is 1.78. The number of benzene rings is 2. The Morgan fingerprint density at radius 1 is 1.05 bits per heavy atom. The molecule has 0 N–H and O–H groups in total. The molecule has 0 unspecified atom stereocenters. The molecule has 20 heavy (non-hydrogen) atoms. The minimum absolute atomic E-state index is 0.128. The Kier molecular flexibility index (Phi) is 3.42. The van der Waals surface area contributed by atoms with Crippen molar-refractivity contribution in [1.82, 2.24) is 0 Å². The molecule has 0 radical (unpaired) electrons. The first-order chi connectivity index (χ1) is 9.80. The minimum atomic E-state index is 0.128. The van der Waals surface area contributed by atoms with Gasteiger partial charge in [-0.3, -0.25) is 4.79 Å². The predicted molar refractivity (Wildman–Crippen MR) is 76.6 cm³/mol. The fourth-order valence-corrected chi connectivity index (χ4v) is 2.64. The van der Waals surface area contributed by atoms with E-state index in [2.05, 4.69) is 24.3 Å². The van der Waals surface area contributed by atoms with Crippen molar-refractivity contribution >= 4 is 6.29 Å². The number of methoxy groups -OCH3 is 1. The van der Waals surface area contributed by atoms with E-state index in [4.69, 9.17) is 9.47 Å². The topological polar surface area (TPSA) is 35.5 Å². The van der Waals surface area contributed by atoms with E-state index in [9.17, 15) is 4.79 Å². The second-order valence-electron chi connectivity index (χ2n) is 4.94. The molecule has 3 heteroatoms. The molecular weight excluding hydrogens is 252 g/mol. The van der Waals surface area contributed by atoms with Crippen molar-refractivity contribution in [3.8, 4) is 11.5 Å². The van der Waals surface area contributed by atoms with Gasteiger partial charge in [-0.15, -0.1) is 0 Å². The zero-order valence-corrected chi connectivity index (χ0v) is 11.3. The van der Waals surface area contributed by atoms with Gasteiger partial charge in [0.1, 0.15) is 12.4 Å². The van der Waals surface area contributed by atoms with E-state index in [0.717, 1.165) is 19.1 Å². The number of rotatable bonds is 4. The number of fused-ring (bicyclic) bond motifs is 1. The summed E-state index contributed by atoms with van der Waals surface area (Å²) in [4.78, 5) is 10.8. The molecule has 0 saturated carbocycles. The largest absolute Gasteiger partial charge is 0.493 e. The number of carbonyl (C=O) groups excluding carboxylic acids is 1. The molecule has 0 spiro atoms. The maximum absolute atomic E-state index is 10.8. The highest BCUT2D eigenvalue weighted by Crippen LogP contribution is 2.32. The molecule has 0 saturated heterocycles. The third kappa shape index (κ3) is 2.39. The Labute approximate surface area is 118 Å². The molecule has 0 bridgehead atoms. The van der Waals surface area contributed by atoms with Crippen molar-refractivity contribution in [2.75, 3.05) is 7.11 Å². The van der Waals surface area contributed by atoms with E-state index in [-0.39, 0.29) is 6.10 Å². The van der Waals surface area contributed by atoms with E-state index in [1.54, 1.807) is 25.3 Å². The van der Waals surface area contributed by atoms with Gasteiger partial charge in [0.15, 0.2) is 11.5 Å². The Bertz CT molecular complexity index is 609. The van der Waals surface area contributed by atoms with Crippen LogP contribution in [0.25, 0.3) is 0 Å². The van der Waals surface area contributed by atoms with Crippen LogP contribution in [0, 0.1) is 0 Å². The van der Waals surface area contributed by atoms with Gasteiger partial charge in [-0.2, -0.15) is 0 Å². The second kappa shape index (κ2) is 5.37. The van der Waals surface area contributed by atoms with Crippen LogP contribution in [0.3, 0.4) is 0 Å². The molecule has 0 heterocycles. The maximum atomic E-state index is 10.8. The van der Waals surface area contributed by atoms with Crippen LogP contribution in [0.4, 0.5) is 0 Å². The van der Waals surface area contributed by atoms with Gasteiger partial charge in [0.25, 0.3) is 0 Å². The van der Waals surface area contributed by atoms with Crippen LogP contribution >= 0.6 is 0 Å². The maximum Gasteiger partial charge on any atom is 0.161 e. The van der Waals surface area contributed by atoms with Gasteiger partial charge in [0, 0.05) is 18.4 Å². The first-order valence-corrected chi connectivity index (χ1v) is 6.67. The summed E-state index contributed by atoms with van der Waals surface area (Å²) >= 11 is 0. The van der Waals surface area contributed by atoms with Crippen molar-refractivity contribution in [2.24, 2.45) is 0 Å². The monoisotopic (exact) mass is 268 g/mol. The number of hydrogen-bond acceptors (Lipinski definition) is 3. The lowest BCUT2D eigenvalue weighted by molar-refractivity contribution is 0.112. The molecule has 0 fully saturated rings. The van der Waals surface area contributed by atoms with Crippen LogP contribution in [0.1, 0.15) is 21.5 Å². The van der Waals surface area contributed by atoms with E-state index < -0.39 is 0 Å². The number of carbonyl (C=O) groups is 1. The average Bonchev–Trinajstić information content (AvgIpc) is 2.90. The standard InChI is InChI=1S/C17H16O3/c1-19-17-8-12(11-18)6-7-16(17)20-15-9-13-4-2-3-5-14(13)10-15/h2-8,11,15H,9-10H2,1H3. The van der Waals surface area contributed by atoms with Crippen molar-refractivity contribution in [2.45, 2.75) is 18.9 Å².